The van der Waals surface area contributed by atoms with E-state index in [1.165, 1.54) is 22.5 Å². The van der Waals surface area contributed by atoms with Crippen LogP contribution in [-0.2, 0) is 11.4 Å². The van der Waals surface area contributed by atoms with Crippen LogP contribution in [0.3, 0.4) is 0 Å². The number of thioether (sulfide) groups is 1. The van der Waals surface area contributed by atoms with Crippen molar-refractivity contribution in [2.75, 3.05) is 4.90 Å². The zero-order valence-corrected chi connectivity index (χ0v) is 20.6. The molecule has 0 spiro atoms. The Labute approximate surface area is 210 Å². The third kappa shape index (κ3) is 4.74. The quantitative estimate of drug-likeness (QED) is 0.196. The minimum atomic E-state index is -0.128. The number of anilines is 1. The van der Waals surface area contributed by atoms with Gasteiger partial charge < -0.3 is 4.74 Å². The highest BCUT2D eigenvalue weighted by molar-refractivity contribution is 9.10. The molecule has 0 aromatic heterocycles. The molecule has 4 aromatic rings. The van der Waals surface area contributed by atoms with E-state index in [-0.39, 0.29) is 5.91 Å². The molecule has 33 heavy (non-hydrogen) atoms. The van der Waals surface area contributed by atoms with Crippen molar-refractivity contribution in [1.82, 2.24) is 0 Å². The molecule has 0 atom stereocenters. The number of amides is 1. The number of para-hydroxylation sites is 1. The average molecular weight is 532 g/mol. The van der Waals surface area contributed by atoms with Crippen LogP contribution in [0.1, 0.15) is 11.1 Å². The van der Waals surface area contributed by atoms with Gasteiger partial charge in [-0.25, -0.2) is 0 Å². The van der Waals surface area contributed by atoms with Crippen LogP contribution in [0.15, 0.2) is 100 Å². The third-order valence-corrected chi connectivity index (χ3v) is 7.07. The molecule has 0 radical (unpaired) electrons. The zero-order chi connectivity index (χ0) is 22.8. The van der Waals surface area contributed by atoms with Gasteiger partial charge in [0.25, 0.3) is 5.91 Å². The second-order valence-corrected chi connectivity index (χ2v) is 10.1. The van der Waals surface area contributed by atoms with Crippen LogP contribution in [0.25, 0.3) is 16.8 Å². The number of thiocarbonyl (C=S) groups is 1. The smallest absolute Gasteiger partial charge is 0.270 e. The average Bonchev–Trinajstić information content (AvgIpc) is 3.11. The molecule has 1 fully saturated rings. The Morgan fingerprint density at radius 3 is 2.48 bits per heavy atom. The number of fused-ring (bicyclic) bond motifs is 1. The number of rotatable bonds is 5. The summed E-state index contributed by atoms with van der Waals surface area (Å²) in [5, 5.41) is 2.38. The van der Waals surface area contributed by atoms with Crippen LogP contribution in [-0.4, -0.2) is 10.2 Å². The Balaban J connectivity index is 1.41. The van der Waals surface area contributed by atoms with Gasteiger partial charge in [-0.05, 0) is 58.8 Å². The van der Waals surface area contributed by atoms with Crippen molar-refractivity contribution in [2.24, 2.45) is 0 Å². The van der Waals surface area contributed by atoms with E-state index in [9.17, 15) is 4.79 Å². The normalized spacial score (nSPS) is 14.9. The number of hydrogen-bond donors (Lipinski definition) is 0. The number of halogens is 1. The fraction of sp³-hybridized carbons (Fsp3) is 0.0370. The summed E-state index contributed by atoms with van der Waals surface area (Å²) in [5.41, 5.74) is 2.67. The molecule has 0 saturated carbocycles. The molecule has 0 aliphatic carbocycles. The topological polar surface area (TPSA) is 29.5 Å². The first-order chi connectivity index (χ1) is 16.1. The van der Waals surface area contributed by atoms with Gasteiger partial charge in [-0.2, -0.15) is 0 Å². The lowest BCUT2D eigenvalue weighted by molar-refractivity contribution is -0.113. The van der Waals surface area contributed by atoms with E-state index in [0.29, 0.717) is 21.6 Å². The Morgan fingerprint density at radius 2 is 1.67 bits per heavy atom. The maximum atomic E-state index is 13.1. The SMILES string of the molecule is O=C1/C(=C\c2cc(Br)ccc2OCc2ccc3ccccc3c2)SC(=S)N1c1ccccc1. The number of hydrogen-bond acceptors (Lipinski definition) is 4. The second kappa shape index (κ2) is 9.51. The van der Waals surface area contributed by atoms with Crippen LogP contribution >= 0.6 is 39.9 Å². The number of carbonyl (C=O) groups is 1. The van der Waals surface area contributed by atoms with Gasteiger partial charge in [0, 0.05) is 10.0 Å². The highest BCUT2D eigenvalue weighted by Gasteiger charge is 2.33. The summed E-state index contributed by atoms with van der Waals surface area (Å²) in [6.45, 7) is 0.429. The summed E-state index contributed by atoms with van der Waals surface area (Å²) in [4.78, 5) is 15.3. The van der Waals surface area contributed by atoms with Gasteiger partial charge in [0.15, 0.2) is 4.32 Å². The van der Waals surface area contributed by atoms with Crippen molar-refractivity contribution in [3.63, 3.8) is 0 Å². The van der Waals surface area contributed by atoms with Gasteiger partial charge in [0.05, 0.1) is 10.6 Å². The molecule has 0 N–H and O–H groups in total. The molecular formula is C27H18BrNO2S2. The highest BCUT2D eigenvalue weighted by Crippen LogP contribution is 2.37. The van der Waals surface area contributed by atoms with Gasteiger partial charge in [-0.15, -0.1) is 0 Å². The van der Waals surface area contributed by atoms with Crippen molar-refractivity contribution >= 4 is 72.7 Å². The van der Waals surface area contributed by atoms with E-state index in [0.717, 1.165) is 21.3 Å². The van der Waals surface area contributed by atoms with Crippen LogP contribution in [0, 0.1) is 0 Å². The van der Waals surface area contributed by atoms with Crippen molar-refractivity contribution in [3.8, 4) is 5.75 Å². The lowest BCUT2D eigenvalue weighted by Gasteiger charge is -2.14. The Kier molecular flexibility index (Phi) is 6.31. The Hall–Kier alpha value is -2.93. The summed E-state index contributed by atoms with van der Waals surface area (Å²) in [7, 11) is 0. The monoisotopic (exact) mass is 531 g/mol. The van der Waals surface area contributed by atoms with Crippen molar-refractivity contribution in [3.05, 3.63) is 112 Å². The van der Waals surface area contributed by atoms with E-state index >= 15 is 0 Å². The van der Waals surface area contributed by atoms with Crippen molar-refractivity contribution < 1.29 is 9.53 Å². The van der Waals surface area contributed by atoms with Gasteiger partial charge >= 0.3 is 0 Å². The summed E-state index contributed by atoms with van der Waals surface area (Å²) >= 11 is 10.3. The van der Waals surface area contributed by atoms with Crippen LogP contribution < -0.4 is 9.64 Å². The largest absolute Gasteiger partial charge is 0.488 e. The maximum Gasteiger partial charge on any atom is 0.270 e. The summed E-state index contributed by atoms with van der Waals surface area (Å²) < 4.78 is 7.61. The first-order valence-corrected chi connectivity index (χ1v) is 12.3. The molecule has 1 saturated heterocycles. The van der Waals surface area contributed by atoms with Gasteiger partial charge in [-0.1, -0.05) is 94.5 Å². The highest BCUT2D eigenvalue weighted by atomic mass is 79.9. The number of ether oxygens (including phenoxy) is 1. The molecule has 1 heterocycles. The lowest BCUT2D eigenvalue weighted by atomic mass is 10.1. The van der Waals surface area contributed by atoms with E-state index in [4.69, 9.17) is 17.0 Å². The van der Waals surface area contributed by atoms with Gasteiger partial charge in [-0.3, -0.25) is 9.69 Å². The minimum Gasteiger partial charge on any atom is -0.488 e. The van der Waals surface area contributed by atoms with E-state index < -0.39 is 0 Å². The Bertz CT molecular complexity index is 1400. The number of nitrogens with zero attached hydrogens (tertiary/aromatic N) is 1. The summed E-state index contributed by atoms with van der Waals surface area (Å²) in [6, 6.07) is 29.8. The zero-order valence-electron chi connectivity index (χ0n) is 17.4. The first kappa shape index (κ1) is 21.9. The number of carbonyl (C=O) groups excluding carboxylic acids is 1. The Morgan fingerprint density at radius 1 is 0.909 bits per heavy atom. The second-order valence-electron chi connectivity index (χ2n) is 7.50. The molecule has 1 amide bonds. The number of benzene rings is 4. The summed E-state index contributed by atoms with van der Waals surface area (Å²) in [5.74, 6) is 0.577. The third-order valence-electron chi connectivity index (χ3n) is 5.27. The minimum absolute atomic E-state index is 0.128. The molecule has 162 valence electrons. The fourth-order valence-electron chi connectivity index (χ4n) is 3.66. The fourth-order valence-corrected chi connectivity index (χ4v) is 5.33. The van der Waals surface area contributed by atoms with Gasteiger partial charge in [0.1, 0.15) is 12.4 Å². The molecule has 5 rings (SSSR count). The van der Waals surface area contributed by atoms with E-state index in [1.807, 2.05) is 66.7 Å². The van der Waals surface area contributed by atoms with Crippen molar-refractivity contribution in [2.45, 2.75) is 6.61 Å². The van der Waals surface area contributed by atoms with E-state index in [1.54, 1.807) is 4.90 Å². The van der Waals surface area contributed by atoms with E-state index in [2.05, 4.69) is 46.3 Å². The summed E-state index contributed by atoms with van der Waals surface area (Å²) in [6.07, 6.45) is 1.85. The molecule has 1 aliphatic rings. The lowest BCUT2D eigenvalue weighted by Crippen LogP contribution is -2.27. The standard InChI is InChI=1S/C27H18BrNO2S2/c28-22-12-13-24(31-17-18-10-11-19-6-4-5-7-20(19)14-18)21(15-22)16-25-26(30)29(27(32)33-25)23-8-2-1-3-9-23/h1-16H,17H2/b25-16+. The molecular weight excluding hydrogens is 514 g/mol. The predicted octanol–water partition coefficient (Wildman–Crippen LogP) is 7.59. The molecule has 3 nitrogen and oxygen atoms in total. The molecule has 0 unspecified atom stereocenters. The van der Waals surface area contributed by atoms with Crippen LogP contribution in [0.5, 0.6) is 5.75 Å². The first-order valence-electron chi connectivity index (χ1n) is 10.3. The predicted molar refractivity (Wildman–Crippen MR) is 145 cm³/mol. The van der Waals surface area contributed by atoms with Crippen LogP contribution in [0.4, 0.5) is 5.69 Å². The van der Waals surface area contributed by atoms with Crippen molar-refractivity contribution in [1.29, 1.82) is 0 Å². The van der Waals surface area contributed by atoms with Crippen LogP contribution in [0.2, 0.25) is 0 Å². The molecule has 1 aliphatic heterocycles. The molecule has 6 heteroatoms. The molecule has 4 aromatic carbocycles. The molecule has 0 bridgehead atoms. The van der Waals surface area contributed by atoms with Gasteiger partial charge in [0.2, 0.25) is 0 Å². The maximum absolute atomic E-state index is 13.1.